The summed E-state index contributed by atoms with van der Waals surface area (Å²) < 4.78 is 38.5. The van der Waals surface area contributed by atoms with Crippen LogP contribution in [-0.4, -0.2) is 40.5 Å². The summed E-state index contributed by atoms with van der Waals surface area (Å²) in [4.78, 5) is 21.2. The Morgan fingerprint density at radius 2 is 2.03 bits per heavy atom. The molecule has 3 aromatic rings. The third-order valence-corrected chi connectivity index (χ3v) is 5.75. The third-order valence-electron chi connectivity index (χ3n) is 5.75. The summed E-state index contributed by atoms with van der Waals surface area (Å²) in [6.07, 6.45) is 3.10. The molecule has 0 aromatic carbocycles. The summed E-state index contributed by atoms with van der Waals surface area (Å²) >= 11 is 0. The molecule has 0 amide bonds. The van der Waals surface area contributed by atoms with E-state index in [1.165, 1.54) is 18.2 Å². The molecule has 1 fully saturated rings. The van der Waals surface area contributed by atoms with E-state index in [9.17, 15) is 13.6 Å². The number of carbonyl (C=O) groups is 1. The fourth-order valence-corrected chi connectivity index (χ4v) is 3.99. The first kappa shape index (κ1) is 20.4. The molecule has 0 unspecified atom stereocenters. The second kappa shape index (κ2) is 7.75. The molecular formula is C22H23F2N3O3. The number of halogens is 2. The number of hydrogen-bond donors (Lipinski definition) is 0. The van der Waals surface area contributed by atoms with Gasteiger partial charge in [0.05, 0.1) is 18.9 Å². The van der Waals surface area contributed by atoms with Crippen molar-refractivity contribution >= 4 is 11.4 Å². The molecule has 0 spiro atoms. The number of carbonyl (C=O) groups excluding carboxylic acids is 1. The molecule has 0 N–H and O–H groups in total. The topological polar surface area (TPSA) is 65.7 Å². The maximum atomic E-state index is 12.9. The molecule has 1 aliphatic rings. The molecule has 3 aromatic heterocycles. The fourth-order valence-electron chi connectivity index (χ4n) is 3.99. The van der Waals surface area contributed by atoms with Crippen molar-refractivity contribution in [3.63, 3.8) is 0 Å². The number of nitrogens with zero attached hydrogens (tertiary/aromatic N) is 3. The molecule has 0 aliphatic heterocycles. The Labute approximate surface area is 172 Å². The van der Waals surface area contributed by atoms with Crippen molar-refractivity contribution in [2.24, 2.45) is 0 Å². The minimum atomic E-state index is -2.72. The van der Waals surface area contributed by atoms with Crippen LogP contribution in [0.25, 0.3) is 5.65 Å². The van der Waals surface area contributed by atoms with Crippen molar-refractivity contribution in [1.29, 1.82) is 0 Å². The van der Waals surface area contributed by atoms with Crippen LogP contribution in [0.4, 0.5) is 8.78 Å². The van der Waals surface area contributed by atoms with E-state index >= 15 is 0 Å². The van der Waals surface area contributed by atoms with Gasteiger partial charge in [0, 0.05) is 31.3 Å². The van der Waals surface area contributed by atoms with Gasteiger partial charge in [0.15, 0.2) is 17.2 Å². The molecule has 3 heterocycles. The lowest BCUT2D eigenvalue weighted by Gasteiger charge is -2.43. The standard InChI is InChI=1S/C22H23F2N3O3/c1-22(9-14(10-22)29-2)19-12-27-11-13(8-18(30-3)21(27)26-19)7-17(28)15-5-4-6-16(25-15)20(23)24/h4-6,8,11-12,14,20H,7,9-10H2,1-3H3. The van der Waals surface area contributed by atoms with Crippen LogP contribution in [-0.2, 0) is 16.6 Å². The highest BCUT2D eigenvalue weighted by molar-refractivity contribution is 5.95. The molecule has 0 atom stereocenters. The van der Waals surface area contributed by atoms with E-state index in [2.05, 4.69) is 11.9 Å². The van der Waals surface area contributed by atoms with E-state index < -0.39 is 12.1 Å². The summed E-state index contributed by atoms with van der Waals surface area (Å²) in [5, 5.41) is 0. The lowest BCUT2D eigenvalue weighted by molar-refractivity contribution is -0.0126. The van der Waals surface area contributed by atoms with E-state index in [-0.39, 0.29) is 29.4 Å². The number of imidazole rings is 1. The van der Waals surface area contributed by atoms with E-state index in [0.717, 1.165) is 18.5 Å². The smallest absolute Gasteiger partial charge is 0.280 e. The van der Waals surface area contributed by atoms with Gasteiger partial charge in [0.25, 0.3) is 6.43 Å². The number of aromatic nitrogens is 3. The molecule has 1 aliphatic carbocycles. The molecule has 30 heavy (non-hydrogen) atoms. The maximum Gasteiger partial charge on any atom is 0.280 e. The lowest BCUT2D eigenvalue weighted by atomic mass is 9.66. The number of hydrogen-bond acceptors (Lipinski definition) is 5. The molecule has 0 radical (unpaired) electrons. The number of methoxy groups -OCH3 is 2. The number of ether oxygens (including phenoxy) is 2. The van der Waals surface area contributed by atoms with E-state index in [4.69, 9.17) is 14.5 Å². The van der Waals surface area contributed by atoms with Gasteiger partial charge in [0.2, 0.25) is 0 Å². The van der Waals surface area contributed by atoms with E-state index in [0.29, 0.717) is 17.0 Å². The minimum Gasteiger partial charge on any atom is -0.493 e. The van der Waals surface area contributed by atoms with Gasteiger partial charge in [-0.15, -0.1) is 0 Å². The van der Waals surface area contributed by atoms with Gasteiger partial charge in [-0.2, -0.15) is 0 Å². The highest BCUT2D eigenvalue weighted by atomic mass is 19.3. The number of rotatable bonds is 7. The van der Waals surface area contributed by atoms with Gasteiger partial charge < -0.3 is 13.9 Å². The molecule has 158 valence electrons. The first-order valence-electron chi connectivity index (χ1n) is 9.70. The van der Waals surface area contributed by atoms with Crippen LogP contribution in [0.15, 0.2) is 36.7 Å². The van der Waals surface area contributed by atoms with E-state index in [1.54, 1.807) is 20.3 Å². The van der Waals surface area contributed by atoms with Crippen LogP contribution in [0.5, 0.6) is 5.75 Å². The van der Waals surface area contributed by atoms with Gasteiger partial charge >= 0.3 is 0 Å². The van der Waals surface area contributed by atoms with Crippen LogP contribution in [0.1, 0.15) is 53.6 Å². The molecule has 8 heteroatoms. The zero-order valence-electron chi connectivity index (χ0n) is 17.1. The average Bonchev–Trinajstić information content (AvgIpc) is 3.15. The molecule has 1 saturated carbocycles. The number of Topliss-reactive ketones (excluding diaryl/α,β-unsaturated/α-hetero) is 1. The summed E-state index contributed by atoms with van der Waals surface area (Å²) in [5.74, 6) is 0.209. The zero-order valence-corrected chi connectivity index (χ0v) is 17.1. The Kier molecular flexibility index (Phi) is 5.27. The summed E-state index contributed by atoms with van der Waals surface area (Å²) in [5.41, 5.74) is 1.86. The largest absolute Gasteiger partial charge is 0.493 e. The quantitative estimate of drug-likeness (QED) is 0.542. The Balaban J connectivity index is 1.62. The third kappa shape index (κ3) is 3.67. The van der Waals surface area contributed by atoms with Gasteiger partial charge in [-0.05, 0) is 36.6 Å². The Bertz CT molecular complexity index is 1090. The predicted octanol–water partition coefficient (Wildman–Crippen LogP) is 4.17. The van der Waals surface area contributed by atoms with Gasteiger partial charge in [0.1, 0.15) is 11.4 Å². The van der Waals surface area contributed by atoms with Crippen LogP contribution in [0.3, 0.4) is 0 Å². The van der Waals surface area contributed by atoms with Crippen LogP contribution >= 0.6 is 0 Å². The normalized spacial score (nSPS) is 21.1. The molecular weight excluding hydrogens is 392 g/mol. The molecule has 0 saturated heterocycles. The van der Waals surface area contributed by atoms with E-state index in [1.807, 2.05) is 16.8 Å². The fraction of sp³-hybridized carbons (Fsp3) is 0.409. The maximum absolute atomic E-state index is 12.9. The average molecular weight is 415 g/mol. The second-order valence-corrected chi connectivity index (χ2v) is 7.95. The number of alkyl halides is 2. The van der Waals surface area contributed by atoms with Gasteiger partial charge in [-0.25, -0.2) is 18.7 Å². The monoisotopic (exact) mass is 415 g/mol. The van der Waals surface area contributed by atoms with Gasteiger partial charge in [-0.3, -0.25) is 4.79 Å². The number of fused-ring (bicyclic) bond motifs is 1. The highest BCUT2D eigenvalue weighted by Gasteiger charge is 2.43. The van der Waals surface area contributed by atoms with Crippen LogP contribution in [0, 0.1) is 0 Å². The van der Waals surface area contributed by atoms with Crippen molar-refractivity contribution in [3.8, 4) is 5.75 Å². The van der Waals surface area contributed by atoms with Crippen LogP contribution < -0.4 is 4.74 Å². The first-order chi connectivity index (χ1) is 14.3. The van der Waals surface area contributed by atoms with Crippen molar-refractivity contribution in [1.82, 2.24) is 14.4 Å². The van der Waals surface area contributed by atoms with Crippen molar-refractivity contribution < 1.29 is 23.0 Å². The summed E-state index contributed by atoms with van der Waals surface area (Å²) in [7, 11) is 3.26. The van der Waals surface area contributed by atoms with Crippen molar-refractivity contribution in [3.05, 3.63) is 59.3 Å². The number of pyridine rings is 2. The zero-order chi connectivity index (χ0) is 21.5. The first-order valence-corrected chi connectivity index (χ1v) is 9.70. The number of ketones is 1. The van der Waals surface area contributed by atoms with Crippen LogP contribution in [0.2, 0.25) is 0 Å². The predicted molar refractivity (Wildman–Crippen MR) is 106 cm³/mol. The van der Waals surface area contributed by atoms with Crippen molar-refractivity contribution in [2.75, 3.05) is 14.2 Å². The lowest BCUT2D eigenvalue weighted by Crippen LogP contribution is -2.43. The summed E-state index contributed by atoms with van der Waals surface area (Å²) in [6, 6.07) is 5.82. The molecule has 6 nitrogen and oxygen atoms in total. The summed E-state index contributed by atoms with van der Waals surface area (Å²) in [6.45, 7) is 2.16. The Morgan fingerprint density at radius 1 is 1.27 bits per heavy atom. The molecule has 4 rings (SSSR count). The Morgan fingerprint density at radius 3 is 2.70 bits per heavy atom. The highest BCUT2D eigenvalue weighted by Crippen LogP contribution is 2.44. The van der Waals surface area contributed by atoms with Gasteiger partial charge in [-0.1, -0.05) is 13.0 Å². The van der Waals surface area contributed by atoms with Crippen molar-refractivity contribution in [2.45, 2.75) is 44.1 Å². The Hall–Kier alpha value is -2.87. The SMILES string of the molecule is COc1cc(CC(=O)c2cccc(C(F)F)n2)cn2cc(C3(C)CC(OC)C3)nc12. The molecule has 0 bridgehead atoms. The minimum absolute atomic E-state index is 0.0164. The second-order valence-electron chi connectivity index (χ2n) is 7.95.